The van der Waals surface area contributed by atoms with Gasteiger partial charge in [-0.1, -0.05) is 5.16 Å². The van der Waals surface area contributed by atoms with E-state index in [1.165, 1.54) is 0 Å². The molecule has 3 aromatic rings. The van der Waals surface area contributed by atoms with Crippen molar-refractivity contribution in [1.29, 1.82) is 0 Å². The van der Waals surface area contributed by atoms with Crippen LogP contribution in [0.5, 0.6) is 5.75 Å². The van der Waals surface area contributed by atoms with Gasteiger partial charge >= 0.3 is 0 Å². The summed E-state index contributed by atoms with van der Waals surface area (Å²) in [4.78, 5) is 26.2. The van der Waals surface area contributed by atoms with Gasteiger partial charge in [-0.05, 0) is 50.1 Å². The number of hydrogen-bond donors (Lipinski definition) is 3. The van der Waals surface area contributed by atoms with E-state index in [1.54, 1.807) is 11.0 Å². The first kappa shape index (κ1) is 24.1. The zero-order valence-corrected chi connectivity index (χ0v) is 19.3. The molecule has 0 saturated heterocycles. The van der Waals surface area contributed by atoms with Crippen LogP contribution in [-0.4, -0.2) is 76.2 Å². The Balaban J connectivity index is 1.76. The van der Waals surface area contributed by atoms with Gasteiger partial charge in [0.25, 0.3) is 5.89 Å². The molecule has 11 heteroatoms. The van der Waals surface area contributed by atoms with Crippen LogP contribution in [0.1, 0.15) is 16.8 Å². The quantitative estimate of drug-likeness (QED) is 0.426. The van der Waals surface area contributed by atoms with Crippen molar-refractivity contribution in [1.82, 2.24) is 25.4 Å². The third kappa shape index (κ3) is 6.02. The number of carbonyl (C=O) groups is 1. The van der Waals surface area contributed by atoms with Crippen molar-refractivity contribution in [2.24, 2.45) is 0 Å². The third-order valence-electron chi connectivity index (χ3n) is 4.70. The highest BCUT2D eigenvalue weighted by molar-refractivity contribution is 5.76. The van der Waals surface area contributed by atoms with Crippen molar-refractivity contribution in [2.75, 3.05) is 38.8 Å². The fourth-order valence-corrected chi connectivity index (χ4v) is 3.14. The van der Waals surface area contributed by atoms with E-state index in [-0.39, 0.29) is 13.2 Å². The molecule has 3 rings (SSSR count). The number of nitrogens with zero attached hydrogens (tertiary/aromatic N) is 5. The van der Waals surface area contributed by atoms with Crippen LogP contribution in [0.25, 0.3) is 23.0 Å². The molecule has 0 aliphatic carbocycles. The van der Waals surface area contributed by atoms with E-state index in [9.17, 15) is 9.90 Å². The molecule has 0 aliphatic rings. The van der Waals surface area contributed by atoms with Crippen molar-refractivity contribution >= 4 is 11.9 Å². The predicted molar refractivity (Wildman–Crippen MR) is 121 cm³/mol. The molecular weight excluding hydrogens is 428 g/mol. The molecule has 2 heterocycles. The summed E-state index contributed by atoms with van der Waals surface area (Å²) in [6, 6.07) is 5.52. The van der Waals surface area contributed by atoms with Gasteiger partial charge in [-0.3, -0.25) is 4.79 Å². The van der Waals surface area contributed by atoms with Crippen molar-refractivity contribution in [3.8, 4) is 28.7 Å². The van der Waals surface area contributed by atoms with Gasteiger partial charge in [0.1, 0.15) is 30.8 Å². The minimum absolute atomic E-state index is 0.0135. The van der Waals surface area contributed by atoms with Gasteiger partial charge in [-0.2, -0.15) is 4.98 Å². The lowest BCUT2D eigenvalue weighted by atomic mass is 10.1. The van der Waals surface area contributed by atoms with Crippen LogP contribution in [0, 0.1) is 20.8 Å². The number of rotatable bonds is 9. The molecule has 0 radical (unpaired) electrons. The van der Waals surface area contributed by atoms with Crippen LogP contribution in [0.2, 0.25) is 0 Å². The highest BCUT2D eigenvalue weighted by atomic mass is 16.5. The van der Waals surface area contributed by atoms with Gasteiger partial charge in [-0.25, -0.2) is 9.97 Å². The largest absolute Gasteiger partial charge is 0.490 e. The van der Waals surface area contributed by atoms with Gasteiger partial charge in [-0.15, -0.1) is 0 Å². The average molecular weight is 457 g/mol. The van der Waals surface area contributed by atoms with Crippen LogP contribution in [0.15, 0.2) is 22.7 Å². The van der Waals surface area contributed by atoms with Crippen LogP contribution >= 0.6 is 0 Å². The number of ether oxygens (including phenoxy) is 1. The maximum absolute atomic E-state index is 11.1. The van der Waals surface area contributed by atoms with Crippen molar-refractivity contribution in [2.45, 2.75) is 26.9 Å². The lowest BCUT2D eigenvalue weighted by Gasteiger charge is -2.16. The lowest BCUT2D eigenvalue weighted by Crippen LogP contribution is -2.36. The molecule has 0 saturated carbocycles. The Morgan fingerprint density at radius 1 is 1.15 bits per heavy atom. The number of aliphatic hydroxyl groups is 2. The number of benzene rings is 1. The highest BCUT2D eigenvalue weighted by Gasteiger charge is 2.17. The predicted octanol–water partition coefficient (Wildman–Crippen LogP) is 1.03. The van der Waals surface area contributed by atoms with E-state index in [4.69, 9.17) is 14.4 Å². The summed E-state index contributed by atoms with van der Waals surface area (Å²) in [5.74, 6) is 1.33. The minimum Gasteiger partial charge on any atom is -0.490 e. The number of anilines is 1. The van der Waals surface area contributed by atoms with E-state index in [0.717, 1.165) is 22.4 Å². The summed E-state index contributed by atoms with van der Waals surface area (Å²) < 4.78 is 11.2. The normalized spacial score (nSPS) is 11.8. The summed E-state index contributed by atoms with van der Waals surface area (Å²) in [5.41, 5.74) is 3.74. The Kier molecular flexibility index (Phi) is 7.56. The van der Waals surface area contributed by atoms with Crippen molar-refractivity contribution in [3.63, 3.8) is 0 Å². The molecule has 1 amide bonds. The molecule has 1 atom stereocenters. The molecular formula is C22H28N6O5. The molecule has 1 aromatic carbocycles. The fourth-order valence-electron chi connectivity index (χ4n) is 3.14. The molecule has 0 fully saturated rings. The number of hydrogen-bond acceptors (Lipinski definition) is 10. The van der Waals surface area contributed by atoms with Crippen LogP contribution in [0.3, 0.4) is 0 Å². The van der Waals surface area contributed by atoms with E-state index < -0.39 is 18.6 Å². The molecule has 0 aliphatic heterocycles. The minimum atomic E-state index is -0.915. The Hall–Kier alpha value is -3.57. The first-order chi connectivity index (χ1) is 15.7. The summed E-state index contributed by atoms with van der Waals surface area (Å²) in [6.07, 6.45) is -0.915. The summed E-state index contributed by atoms with van der Waals surface area (Å²) in [6.45, 7) is 4.98. The molecule has 2 aromatic heterocycles. The molecule has 3 N–H and O–H groups in total. The Morgan fingerprint density at radius 2 is 1.85 bits per heavy atom. The highest BCUT2D eigenvalue weighted by Crippen LogP contribution is 2.30. The van der Waals surface area contributed by atoms with Crippen LogP contribution in [-0.2, 0) is 4.79 Å². The van der Waals surface area contributed by atoms with Crippen molar-refractivity contribution in [3.05, 3.63) is 35.0 Å². The van der Waals surface area contributed by atoms with Crippen molar-refractivity contribution < 1.29 is 24.3 Å². The smallest absolute Gasteiger partial charge is 0.277 e. The van der Waals surface area contributed by atoms with Crippen LogP contribution in [0.4, 0.5) is 5.95 Å². The second-order valence-electron chi connectivity index (χ2n) is 7.88. The zero-order chi connectivity index (χ0) is 24.1. The first-order valence-corrected chi connectivity index (χ1v) is 10.3. The Labute approximate surface area is 191 Å². The molecule has 0 bridgehead atoms. The summed E-state index contributed by atoms with van der Waals surface area (Å²) in [5, 5.41) is 25.2. The first-order valence-electron chi connectivity index (χ1n) is 10.3. The summed E-state index contributed by atoms with van der Waals surface area (Å²) >= 11 is 0. The Morgan fingerprint density at radius 3 is 2.48 bits per heavy atom. The maximum Gasteiger partial charge on any atom is 0.277 e. The molecule has 1 unspecified atom stereocenters. The van der Waals surface area contributed by atoms with Gasteiger partial charge in [0.05, 0.1) is 0 Å². The topological polar surface area (TPSA) is 147 Å². The van der Waals surface area contributed by atoms with E-state index in [0.29, 0.717) is 29.1 Å². The molecule has 0 spiro atoms. The van der Waals surface area contributed by atoms with Gasteiger partial charge in [0.2, 0.25) is 17.7 Å². The van der Waals surface area contributed by atoms with E-state index in [2.05, 4.69) is 25.4 Å². The summed E-state index contributed by atoms with van der Waals surface area (Å²) in [7, 11) is 3.72. The average Bonchev–Trinajstić information content (AvgIpc) is 3.26. The SMILES string of the molecule is Cc1cc(-c2nc(-c3cc(C)c(OCC(O)CNC(=O)CO)c(C)c3)no2)nc(N(C)C)n1. The van der Waals surface area contributed by atoms with E-state index >= 15 is 0 Å². The number of nitrogens with one attached hydrogen (secondary N) is 1. The number of carbonyl (C=O) groups excluding carboxylic acids is 1. The fraction of sp³-hybridized carbons (Fsp3) is 0.409. The lowest BCUT2D eigenvalue weighted by molar-refractivity contribution is -0.124. The second kappa shape index (κ2) is 10.4. The molecule has 176 valence electrons. The van der Waals surface area contributed by atoms with Gasteiger partial charge < -0.3 is 29.7 Å². The van der Waals surface area contributed by atoms with E-state index in [1.807, 2.05) is 47.0 Å². The van der Waals surface area contributed by atoms with Crippen LogP contribution < -0.4 is 15.0 Å². The third-order valence-corrected chi connectivity index (χ3v) is 4.70. The molecule has 33 heavy (non-hydrogen) atoms. The zero-order valence-electron chi connectivity index (χ0n) is 19.3. The van der Waals surface area contributed by atoms with Gasteiger partial charge in [0.15, 0.2) is 0 Å². The number of aliphatic hydroxyl groups excluding tert-OH is 2. The second-order valence-corrected chi connectivity index (χ2v) is 7.88. The monoisotopic (exact) mass is 456 g/mol. The standard InChI is InChI=1S/C22H28N6O5/c1-12-6-15(7-13(2)19(12)32-11-16(30)9-23-18(31)10-29)20-26-21(33-27-20)17-8-14(3)24-22(25-17)28(4)5/h6-8,16,29-30H,9-11H2,1-5H3,(H,23,31). The number of aromatic nitrogens is 4. The van der Waals surface area contributed by atoms with Gasteiger partial charge in [0, 0.05) is 31.9 Å². The number of aryl methyl sites for hydroxylation is 3. The number of amides is 1. The Bertz CT molecular complexity index is 1110. The molecule has 11 nitrogen and oxygen atoms in total. The maximum atomic E-state index is 11.1.